The predicted molar refractivity (Wildman–Crippen MR) is 166 cm³/mol. The summed E-state index contributed by atoms with van der Waals surface area (Å²) in [6, 6.07) is 20.9. The summed E-state index contributed by atoms with van der Waals surface area (Å²) in [6.07, 6.45) is 1.48. The van der Waals surface area contributed by atoms with Gasteiger partial charge in [0.15, 0.2) is 0 Å². The molecule has 43 heavy (non-hydrogen) atoms. The number of anilines is 1. The number of H-pyrrole nitrogens is 1. The van der Waals surface area contributed by atoms with Crippen LogP contribution in [-0.4, -0.2) is 57.7 Å². The number of carbonyl (C=O) groups excluding carboxylic acids is 2. The van der Waals surface area contributed by atoms with Crippen molar-refractivity contribution in [3.63, 3.8) is 0 Å². The van der Waals surface area contributed by atoms with E-state index >= 15 is 0 Å². The first-order valence-electron chi connectivity index (χ1n) is 14.4. The molecule has 0 bridgehead atoms. The third-order valence-electron chi connectivity index (χ3n) is 7.79. The van der Waals surface area contributed by atoms with E-state index < -0.39 is 0 Å². The van der Waals surface area contributed by atoms with E-state index in [0.29, 0.717) is 43.3 Å². The van der Waals surface area contributed by atoms with Crippen molar-refractivity contribution in [3.8, 4) is 17.2 Å². The maximum atomic E-state index is 13.5. The van der Waals surface area contributed by atoms with Crippen LogP contribution in [0, 0.1) is 6.92 Å². The third-order valence-corrected chi connectivity index (χ3v) is 7.79. The highest BCUT2D eigenvalue weighted by Gasteiger charge is 2.22. The molecule has 9 nitrogen and oxygen atoms in total. The van der Waals surface area contributed by atoms with Crippen LogP contribution in [0.1, 0.15) is 58.3 Å². The zero-order valence-corrected chi connectivity index (χ0v) is 24.8. The number of rotatable bonds is 6. The molecule has 0 aliphatic carbocycles. The standard InChI is InChI=1S/C34H35N5O4/c1-21-16-26(43-25-7-5-6-24(19-25)34(2,3)4)9-11-30(21)39-32(35)27(20-36-39)31(40)29-18-23-17-22(8-10-28(23)37-29)33(41)38-12-14-42-15-13-38/h5-11,16-20,37H,12-15,35H2,1-4H3. The second kappa shape index (κ2) is 11.1. The molecule has 3 N–H and O–H groups in total. The van der Waals surface area contributed by atoms with Gasteiger partial charge in [-0.25, -0.2) is 4.68 Å². The van der Waals surface area contributed by atoms with Crippen LogP contribution in [-0.2, 0) is 10.2 Å². The summed E-state index contributed by atoms with van der Waals surface area (Å²) in [4.78, 5) is 31.4. The lowest BCUT2D eigenvalue weighted by Gasteiger charge is -2.26. The monoisotopic (exact) mass is 577 g/mol. The number of hydrogen-bond acceptors (Lipinski definition) is 6. The van der Waals surface area contributed by atoms with E-state index in [1.165, 1.54) is 11.8 Å². The molecule has 3 aromatic carbocycles. The molecule has 0 radical (unpaired) electrons. The minimum atomic E-state index is -0.280. The minimum absolute atomic E-state index is 0.0176. The molecule has 0 atom stereocenters. The summed E-state index contributed by atoms with van der Waals surface area (Å²) < 4.78 is 13.1. The van der Waals surface area contributed by atoms with E-state index in [4.69, 9.17) is 15.2 Å². The lowest BCUT2D eigenvalue weighted by atomic mass is 9.87. The van der Waals surface area contributed by atoms with Gasteiger partial charge in [-0.3, -0.25) is 9.59 Å². The summed E-state index contributed by atoms with van der Waals surface area (Å²) >= 11 is 0. The van der Waals surface area contributed by atoms with E-state index in [0.717, 1.165) is 27.9 Å². The van der Waals surface area contributed by atoms with Crippen LogP contribution < -0.4 is 10.5 Å². The average Bonchev–Trinajstić information content (AvgIpc) is 3.60. The molecule has 2 aromatic heterocycles. The molecule has 1 fully saturated rings. The van der Waals surface area contributed by atoms with Gasteiger partial charge in [0.1, 0.15) is 17.3 Å². The summed E-state index contributed by atoms with van der Waals surface area (Å²) in [5, 5.41) is 5.22. The first-order chi connectivity index (χ1) is 20.6. The molecule has 5 aromatic rings. The number of ether oxygens (including phenoxy) is 2. The molecule has 1 aliphatic heterocycles. The normalized spacial score (nSPS) is 13.8. The number of benzene rings is 3. The Bertz CT molecular complexity index is 1840. The maximum absolute atomic E-state index is 13.5. The molecule has 9 heteroatoms. The number of nitrogen functional groups attached to an aromatic ring is 1. The molecule has 1 saturated heterocycles. The summed E-state index contributed by atoms with van der Waals surface area (Å²) in [5.74, 6) is 1.37. The Morgan fingerprint density at radius 1 is 0.977 bits per heavy atom. The van der Waals surface area contributed by atoms with Gasteiger partial charge in [0, 0.05) is 29.6 Å². The molecule has 3 heterocycles. The second-order valence-electron chi connectivity index (χ2n) is 11.9. The van der Waals surface area contributed by atoms with Crippen molar-refractivity contribution in [1.29, 1.82) is 0 Å². The van der Waals surface area contributed by atoms with Crippen molar-refractivity contribution in [2.75, 3.05) is 32.0 Å². The van der Waals surface area contributed by atoms with Gasteiger partial charge in [-0.05, 0) is 78.1 Å². The Kier molecular flexibility index (Phi) is 7.27. The van der Waals surface area contributed by atoms with Crippen LogP contribution in [0.3, 0.4) is 0 Å². The maximum Gasteiger partial charge on any atom is 0.254 e. The number of nitrogens with one attached hydrogen (secondary N) is 1. The Hall–Kier alpha value is -4.89. The molecular weight excluding hydrogens is 542 g/mol. The molecule has 0 spiro atoms. The van der Waals surface area contributed by atoms with Crippen molar-refractivity contribution in [3.05, 3.63) is 101 Å². The van der Waals surface area contributed by atoms with Gasteiger partial charge >= 0.3 is 0 Å². The van der Waals surface area contributed by atoms with Gasteiger partial charge in [0.05, 0.1) is 36.4 Å². The van der Waals surface area contributed by atoms with Crippen molar-refractivity contribution >= 4 is 28.4 Å². The number of aromatic nitrogens is 3. The topological polar surface area (TPSA) is 115 Å². The van der Waals surface area contributed by atoms with Crippen molar-refractivity contribution in [2.45, 2.75) is 33.1 Å². The highest BCUT2D eigenvalue weighted by Crippen LogP contribution is 2.31. The smallest absolute Gasteiger partial charge is 0.254 e. The number of nitrogens with zero attached hydrogens (tertiary/aromatic N) is 3. The van der Waals surface area contributed by atoms with Gasteiger partial charge < -0.3 is 25.1 Å². The highest BCUT2D eigenvalue weighted by molar-refractivity contribution is 6.13. The van der Waals surface area contributed by atoms with E-state index in [2.05, 4.69) is 43.0 Å². The largest absolute Gasteiger partial charge is 0.457 e. The van der Waals surface area contributed by atoms with Crippen LogP contribution >= 0.6 is 0 Å². The Morgan fingerprint density at radius 3 is 2.49 bits per heavy atom. The van der Waals surface area contributed by atoms with E-state index in [9.17, 15) is 9.59 Å². The van der Waals surface area contributed by atoms with Gasteiger partial charge in [-0.15, -0.1) is 0 Å². The molecule has 6 rings (SSSR count). The fourth-order valence-corrected chi connectivity index (χ4v) is 5.30. The molecule has 0 unspecified atom stereocenters. The van der Waals surface area contributed by atoms with Crippen LogP contribution in [0.25, 0.3) is 16.6 Å². The fourth-order valence-electron chi connectivity index (χ4n) is 5.30. The number of fused-ring (bicyclic) bond motifs is 1. The second-order valence-corrected chi connectivity index (χ2v) is 11.9. The molecule has 1 amide bonds. The zero-order chi connectivity index (χ0) is 30.3. The average molecular weight is 578 g/mol. The number of nitrogens with two attached hydrogens (primary N) is 1. The number of aromatic amines is 1. The number of hydrogen-bond donors (Lipinski definition) is 2. The molecule has 1 aliphatic rings. The molecule has 220 valence electrons. The van der Waals surface area contributed by atoms with E-state index in [1.54, 1.807) is 27.8 Å². The van der Waals surface area contributed by atoms with Crippen molar-refractivity contribution < 1.29 is 19.1 Å². The lowest BCUT2D eigenvalue weighted by molar-refractivity contribution is 0.0303. The zero-order valence-electron chi connectivity index (χ0n) is 24.8. The Balaban J connectivity index is 1.22. The predicted octanol–water partition coefficient (Wildman–Crippen LogP) is 6.04. The Morgan fingerprint density at radius 2 is 1.74 bits per heavy atom. The third kappa shape index (κ3) is 5.63. The number of ketones is 1. The molecule has 0 saturated carbocycles. The Labute approximate surface area is 250 Å². The number of amides is 1. The van der Waals surface area contributed by atoms with Gasteiger partial charge in [0.25, 0.3) is 5.91 Å². The SMILES string of the molecule is Cc1cc(Oc2cccc(C(C)(C)C)c2)ccc1-n1ncc(C(=O)c2cc3cc(C(=O)N4CCOCC4)ccc3[nH]2)c1N. The number of morpholine rings is 1. The summed E-state index contributed by atoms with van der Waals surface area (Å²) in [6.45, 7) is 10.7. The highest BCUT2D eigenvalue weighted by atomic mass is 16.5. The first-order valence-corrected chi connectivity index (χ1v) is 14.4. The molecular formula is C34H35N5O4. The summed E-state index contributed by atoms with van der Waals surface area (Å²) in [7, 11) is 0. The van der Waals surface area contributed by atoms with Gasteiger partial charge in [-0.1, -0.05) is 32.9 Å². The number of carbonyl (C=O) groups is 2. The van der Waals surface area contributed by atoms with Gasteiger partial charge in [0.2, 0.25) is 5.78 Å². The minimum Gasteiger partial charge on any atom is -0.457 e. The number of aryl methyl sites for hydroxylation is 1. The van der Waals surface area contributed by atoms with E-state index in [-0.39, 0.29) is 28.5 Å². The van der Waals surface area contributed by atoms with Crippen molar-refractivity contribution in [1.82, 2.24) is 19.7 Å². The summed E-state index contributed by atoms with van der Waals surface area (Å²) in [5.41, 5.74) is 11.3. The lowest BCUT2D eigenvalue weighted by Crippen LogP contribution is -2.40. The first kappa shape index (κ1) is 28.2. The quantitative estimate of drug-likeness (QED) is 0.238. The van der Waals surface area contributed by atoms with Crippen LogP contribution in [0.15, 0.2) is 72.9 Å². The van der Waals surface area contributed by atoms with Crippen LogP contribution in [0.5, 0.6) is 11.5 Å². The van der Waals surface area contributed by atoms with Crippen molar-refractivity contribution in [2.24, 2.45) is 0 Å². The van der Waals surface area contributed by atoms with Crippen LogP contribution in [0.4, 0.5) is 5.82 Å². The van der Waals surface area contributed by atoms with Crippen LogP contribution in [0.2, 0.25) is 0 Å². The fraction of sp³-hybridized carbons (Fsp3) is 0.265. The van der Waals surface area contributed by atoms with E-state index in [1.807, 2.05) is 43.3 Å². The van der Waals surface area contributed by atoms with Gasteiger partial charge in [-0.2, -0.15) is 5.10 Å².